The van der Waals surface area contributed by atoms with Crippen molar-refractivity contribution < 1.29 is 4.74 Å². The van der Waals surface area contributed by atoms with Crippen molar-refractivity contribution in [2.75, 3.05) is 12.4 Å². The lowest BCUT2D eigenvalue weighted by molar-refractivity contribution is 0.414. The van der Waals surface area contributed by atoms with Crippen molar-refractivity contribution >= 4 is 11.6 Å². The van der Waals surface area contributed by atoms with E-state index < -0.39 is 0 Å². The first-order valence-corrected chi connectivity index (χ1v) is 7.73. The summed E-state index contributed by atoms with van der Waals surface area (Å²) < 4.78 is 7.13. The Kier molecular flexibility index (Phi) is 3.49. The molecule has 1 aliphatic rings. The highest BCUT2D eigenvalue weighted by Crippen LogP contribution is 2.33. The number of fused-ring (bicyclic) bond motifs is 1. The Hall–Kier alpha value is -3.15. The van der Waals surface area contributed by atoms with Crippen molar-refractivity contribution in [3.8, 4) is 5.75 Å². The molecule has 0 bridgehead atoms. The minimum atomic E-state index is -0.0568. The van der Waals surface area contributed by atoms with Crippen molar-refractivity contribution in [3.63, 3.8) is 0 Å². The smallest absolute Gasteiger partial charge is 0.248 e. The van der Waals surface area contributed by atoms with Gasteiger partial charge >= 0.3 is 0 Å². The summed E-state index contributed by atoms with van der Waals surface area (Å²) in [4.78, 5) is 0. The van der Waals surface area contributed by atoms with Crippen molar-refractivity contribution in [1.29, 1.82) is 0 Å². The number of tetrazole rings is 1. The van der Waals surface area contributed by atoms with Crippen LogP contribution in [0, 0.1) is 6.92 Å². The molecular formula is C18H17N5O. The number of aryl methyl sites for hydroxylation is 1. The van der Waals surface area contributed by atoms with E-state index in [9.17, 15) is 0 Å². The van der Waals surface area contributed by atoms with E-state index >= 15 is 0 Å². The zero-order valence-electron chi connectivity index (χ0n) is 13.5. The third-order valence-electron chi connectivity index (χ3n) is 4.22. The monoisotopic (exact) mass is 319 g/mol. The summed E-state index contributed by atoms with van der Waals surface area (Å²) in [5.41, 5.74) is 4.37. The maximum atomic E-state index is 5.33. The van der Waals surface area contributed by atoms with E-state index in [1.54, 1.807) is 11.8 Å². The van der Waals surface area contributed by atoms with Gasteiger partial charge in [0.05, 0.1) is 7.11 Å². The van der Waals surface area contributed by atoms with Crippen molar-refractivity contribution in [2.24, 2.45) is 0 Å². The van der Waals surface area contributed by atoms with Crippen LogP contribution in [0.1, 0.15) is 22.7 Å². The van der Waals surface area contributed by atoms with Crippen molar-refractivity contribution in [2.45, 2.75) is 13.0 Å². The zero-order valence-corrected chi connectivity index (χ0v) is 13.5. The Balaban J connectivity index is 1.83. The predicted molar refractivity (Wildman–Crippen MR) is 91.7 cm³/mol. The van der Waals surface area contributed by atoms with Gasteiger partial charge in [0, 0.05) is 11.3 Å². The fourth-order valence-electron chi connectivity index (χ4n) is 2.95. The number of nitrogens with one attached hydrogen (secondary N) is 1. The number of methoxy groups -OCH3 is 1. The average Bonchev–Trinajstić information content (AvgIpc) is 3.10. The molecule has 0 saturated heterocycles. The quantitative estimate of drug-likeness (QED) is 0.804. The third kappa shape index (κ3) is 2.42. The first kappa shape index (κ1) is 14.4. The number of anilines is 1. The molecule has 0 amide bonds. The van der Waals surface area contributed by atoms with Crippen LogP contribution >= 0.6 is 0 Å². The summed E-state index contributed by atoms with van der Waals surface area (Å²) in [6.07, 6.45) is 2.14. The molecule has 0 unspecified atom stereocenters. The molecule has 2 aromatic carbocycles. The fraction of sp³-hybridized carbons (Fsp3) is 0.167. The molecule has 1 aliphatic heterocycles. The number of rotatable bonds is 3. The summed E-state index contributed by atoms with van der Waals surface area (Å²) in [5, 5.41) is 15.4. The highest BCUT2D eigenvalue weighted by atomic mass is 16.5. The van der Waals surface area contributed by atoms with Crippen LogP contribution in [-0.4, -0.2) is 27.3 Å². The number of ether oxygens (including phenoxy) is 1. The third-order valence-corrected chi connectivity index (χ3v) is 4.22. The van der Waals surface area contributed by atoms with Gasteiger partial charge in [-0.15, -0.1) is 0 Å². The Morgan fingerprint density at radius 1 is 1.12 bits per heavy atom. The molecule has 1 atom stereocenters. The van der Waals surface area contributed by atoms with Crippen LogP contribution in [0.3, 0.4) is 0 Å². The lowest BCUT2D eigenvalue weighted by Gasteiger charge is -2.24. The summed E-state index contributed by atoms with van der Waals surface area (Å²) in [6, 6.07) is 16.1. The van der Waals surface area contributed by atoms with Gasteiger partial charge in [0.1, 0.15) is 11.8 Å². The number of benzene rings is 2. The first-order valence-electron chi connectivity index (χ1n) is 7.73. The van der Waals surface area contributed by atoms with E-state index in [1.807, 2.05) is 36.4 Å². The minimum absolute atomic E-state index is 0.0568. The molecular weight excluding hydrogens is 302 g/mol. The van der Waals surface area contributed by atoms with Gasteiger partial charge in [0.25, 0.3) is 0 Å². The lowest BCUT2D eigenvalue weighted by atomic mass is 9.98. The fourth-order valence-corrected chi connectivity index (χ4v) is 2.95. The van der Waals surface area contributed by atoms with Gasteiger partial charge in [-0.1, -0.05) is 41.5 Å². The van der Waals surface area contributed by atoms with E-state index in [2.05, 4.69) is 46.0 Å². The molecule has 0 fully saturated rings. The zero-order chi connectivity index (χ0) is 16.5. The maximum Gasteiger partial charge on any atom is 0.248 e. The van der Waals surface area contributed by atoms with Crippen LogP contribution < -0.4 is 10.1 Å². The molecule has 2 heterocycles. The minimum Gasteiger partial charge on any atom is -0.497 e. The average molecular weight is 319 g/mol. The van der Waals surface area contributed by atoms with Crippen LogP contribution in [0.25, 0.3) is 5.70 Å². The van der Waals surface area contributed by atoms with E-state index in [4.69, 9.17) is 4.74 Å². The second-order valence-electron chi connectivity index (χ2n) is 5.69. The standard InChI is InChI=1S/C18H17N5O/c1-12-6-3-4-9-15(12)17-11-16(19-18-20-21-22-23(17)18)13-7-5-8-14(10-13)24-2/h3-11,17H,1-2H3,(H,19,20,22)/t17-/m1/s1. The number of aromatic nitrogens is 4. The predicted octanol–water partition coefficient (Wildman–Crippen LogP) is 3.05. The molecule has 0 aliphatic carbocycles. The van der Waals surface area contributed by atoms with Gasteiger partial charge in [-0.3, -0.25) is 0 Å². The SMILES string of the molecule is COc1cccc(C2=C[C@H](c3ccccc3C)n3nnnc3N2)c1. The molecule has 1 aromatic heterocycles. The van der Waals surface area contributed by atoms with Gasteiger partial charge in [0.2, 0.25) is 5.95 Å². The van der Waals surface area contributed by atoms with Gasteiger partial charge in [0.15, 0.2) is 0 Å². The Labute approximate surface area is 139 Å². The molecule has 120 valence electrons. The normalized spacial score (nSPS) is 16.1. The molecule has 0 radical (unpaired) electrons. The topological polar surface area (TPSA) is 64.9 Å². The van der Waals surface area contributed by atoms with Gasteiger partial charge in [-0.2, -0.15) is 4.68 Å². The summed E-state index contributed by atoms with van der Waals surface area (Å²) in [7, 11) is 1.67. The molecule has 3 aromatic rings. The second-order valence-corrected chi connectivity index (χ2v) is 5.69. The van der Waals surface area contributed by atoms with Crippen molar-refractivity contribution in [3.05, 3.63) is 71.3 Å². The Bertz CT molecular complexity index is 915. The van der Waals surface area contributed by atoms with E-state index in [0.717, 1.165) is 17.0 Å². The van der Waals surface area contributed by atoms with Gasteiger partial charge in [-0.05, 0) is 46.7 Å². The first-order chi connectivity index (χ1) is 11.8. The number of allylic oxidation sites excluding steroid dienone is 1. The molecule has 1 N–H and O–H groups in total. The number of hydrogen-bond donors (Lipinski definition) is 1. The summed E-state index contributed by atoms with van der Waals surface area (Å²) in [6.45, 7) is 2.10. The van der Waals surface area contributed by atoms with Gasteiger partial charge < -0.3 is 10.1 Å². The maximum absolute atomic E-state index is 5.33. The highest BCUT2D eigenvalue weighted by Gasteiger charge is 2.25. The van der Waals surface area contributed by atoms with Crippen LogP contribution in [-0.2, 0) is 0 Å². The highest BCUT2D eigenvalue weighted by molar-refractivity contribution is 5.77. The van der Waals surface area contributed by atoms with Crippen LogP contribution in [0.5, 0.6) is 5.75 Å². The molecule has 0 saturated carbocycles. The van der Waals surface area contributed by atoms with Crippen LogP contribution in [0.4, 0.5) is 5.95 Å². The Morgan fingerprint density at radius 2 is 2.00 bits per heavy atom. The molecule has 4 rings (SSSR count). The Morgan fingerprint density at radius 3 is 2.83 bits per heavy atom. The number of nitrogens with zero attached hydrogens (tertiary/aromatic N) is 4. The molecule has 0 spiro atoms. The summed E-state index contributed by atoms with van der Waals surface area (Å²) >= 11 is 0. The molecule has 24 heavy (non-hydrogen) atoms. The molecule has 6 nitrogen and oxygen atoms in total. The number of hydrogen-bond acceptors (Lipinski definition) is 5. The van der Waals surface area contributed by atoms with E-state index in [-0.39, 0.29) is 6.04 Å². The lowest BCUT2D eigenvalue weighted by Crippen LogP contribution is -2.20. The largest absolute Gasteiger partial charge is 0.497 e. The molecule has 6 heteroatoms. The summed E-state index contributed by atoms with van der Waals surface area (Å²) in [5.74, 6) is 1.44. The van der Waals surface area contributed by atoms with E-state index in [0.29, 0.717) is 5.95 Å². The van der Waals surface area contributed by atoms with E-state index in [1.165, 1.54) is 11.1 Å². The van der Waals surface area contributed by atoms with Crippen LogP contribution in [0.2, 0.25) is 0 Å². The van der Waals surface area contributed by atoms with Crippen molar-refractivity contribution in [1.82, 2.24) is 20.2 Å². The van der Waals surface area contributed by atoms with Crippen LogP contribution in [0.15, 0.2) is 54.6 Å². The van der Waals surface area contributed by atoms with Gasteiger partial charge in [-0.25, -0.2) is 0 Å². The second kappa shape index (κ2) is 5.81.